The van der Waals surface area contributed by atoms with Gasteiger partial charge in [0.25, 0.3) is 0 Å². The predicted octanol–water partition coefficient (Wildman–Crippen LogP) is 4.16. The molecule has 0 saturated carbocycles. The monoisotopic (exact) mass is 312 g/mol. The number of thiophene rings is 1. The molecule has 1 aromatic heterocycles. The Balaban J connectivity index is 1.65. The number of rotatable bonds is 2. The molecule has 0 radical (unpaired) electrons. The molecule has 3 aromatic rings. The molecule has 1 aliphatic heterocycles. The second kappa shape index (κ2) is 5.03. The summed E-state index contributed by atoms with van der Waals surface area (Å²) in [7, 11) is 0. The van der Waals surface area contributed by atoms with Crippen LogP contribution in [0.25, 0.3) is 10.1 Å². The van der Waals surface area contributed by atoms with Crippen LogP contribution in [0.5, 0.6) is 17.2 Å². The van der Waals surface area contributed by atoms with Crippen molar-refractivity contribution in [3.05, 3.63) is 52.9 Å². The fraction of sp³-hybridized carbons (Fsp3) is 0.118. The van der Waals surface area contributed by atoms with E-state index in [1.807, 2.05) is 31.2 Å². The van der Waals surface area contributed by atoms with Gasteiger partial charge in [-0.25, -0.2) is 4.79 Å². The van der Waals surface area contributed by atoms with Gasteiger partial charge in [0, 0.05) is 10.8 Å². The lowest BCUT2D eigenvalue weighted by atomic mass is 10.1. The molecular weight excluding hydrogens is 300 g/mol. The van der Waals surface area contributed by atoms with Crippen LogP contribution in [0, 0.1) is 6.92 Å². The third kappa shape index (κ3) is 2.10. The molecule has 110 valence electrons. The second-order valence-electron chi connectivity index (χ2n) is 4.96. The maximum Gasteiger partial charge on any atom is 0.354 e. The Morgan fingerprint density at radius 3 is 2.82 bits per heavy atom. The van der Waals surface area contributed by atoms with Gasteiger partial charge in [0.15, 0.2) is 11.5 Å². The van der Waals surface area contributed by atoms with Gasteiger partial charge in [-0.15, -0.1) is 11.3 Å². The number of hydrogen-bond acceptors (Lipinski definition) is 5. The summed E-state index contributed by atoms with van der Waals surface area (Å²) in [5, 5.41) is 1.09. The average Bonchev–Trinajstić information content (AvgIpc) is 3.12. The first kappa shape index (κ1) is 13.2. The molecule has 0 aliphatic carbocycles. The van der Waals surface area contributed by atoms with Crippen LogP contribution in [0.1, 0.15) is 15.2 Å². The number of ether oxygens (including phenoxy) is 3. The summed E-state index contributed by atoms with van der Waals surface area (Å²) in [6.45, 7) is 2.14. The van der Waals surface area contributed by atoms with Gasteiger partial charge >= 0.3 is 5.97 Å². The van der Waals surface area contributed by atoms with Crippen molar-refractivity contribution in [1.82, 2.24) is 0 Å². The van der Waals surface area contributed by atoms with E-state index in [9.17, 15) is 4.79 Å². The predicted molar refractivity (Wildman–Crippen MR) is 84.1 cm³/mol. The van der Waals surface area contributed by atoms with E-state index in [1.54, 1.807) is 18.2 Å². The Morgan fingerprint density at radius 1 is 1.14 bits per heavy atom. The largest absolute Gasteiger partial charge is 0.454 e. The molecule has 2 aromatic carbocycles. The van der Waals surface area contributed by atoms with Crippen molar-refractivity contribution in [3.63, 3.8) is 0 Å². The molecule has 0 unspecified atom stereocenters. The molecule has 0 saturated heterocycles. The van der Waals surface area contributed by atoms with E-state index in [2.05, 4.69) is 0 Å². The van der Waals surface area contributed by atoms with Crippen LogP contribution in [-0.4, -0.2) is 12.8 Å². The lowest BCUT2D eigenvalue weighted by molar-refractivity contribution is 0.0739. The Kier molecular flexibility index (Phi) is 3.01. The minimum Gasteiger partial charge on any atom is -0.454 e. The zero-order valence-corrected chi connectivity index (χ0v) is 12.6. The molecule has 0 spiro atoms. The SMILES string of the molecule is Cc1c(C(=O)Oc2ccc3c(c2)OCO3)sc2ccccc12. The molecule has 5 heteroatoms. The number of esters is 1. The van der Waals surface area contributed by atoms with Crippen molar-refractivity contribution >= 4 is 27.4 Å². The van der Waals surface area contributed by atoms with Gasteiger partial charge in [-0.3, -0.25) is 0 Å². The summed E-state index contributed by atoms with van der Waals surface area (Å²) in [6.07, 6.45) is 0. The molecule has 4 rings (SSSR count). The molecule has 0 atom stereocenters. The van der Waals surface area contributed by atoms with Gasteiger partial charge in [0.05, 0.1) is 0 Å². The maximum atomic E-state index is 12.4. The summed E-state index contributed by atoms with van der Waals surface area (Å²) in [5.74, 6) is 1.36. The molecule has 2 heterocycles. The highest BCUT2D eigenvalue weighted by atomic mass is 32.1. The molecule has 0 bridgehead atoms. The quantitative estimate of drug-likeness (QED) is 0.526. The Hall–Kier alpha value is -2.53. The van der Waals surface area contributed by atoms with E-state index in [1.165, 1.54) is 11.3 Å². The normalized spacial score (nSPS) is 12.6. The molecule has 4 nitrogen and oxygen atoms in total. The highest BCUT2D eigenvalue weighted by Crippen LogP contribution is 2.36. The lowest BCUT2D eigenvalue weighted by Gasteiger charge is -2.04. The zero-order chi connectivity index (χ0) is 15.1. The smallest absolute Gasteiger partial charge is 0.354 e. The number of carbonyl (C=O) groups is 1. The summed E-state index contributed by atoms with van der Waals surface area (Å²) in [4.78, 5) is 13.0. The molecule has 1 aliphatic rings. The van der Waals surface area contributed by atoms with Crippen LogP contribution < -0.4 is 14.2 Å². The minimum absolute atomic E-state index is 0.197. The fourth-order valence-electron chi connectivity index (χ4n) is 2.46. The molecule has 0 amide bonds. The number of hydrogen-bond donors (Lipinski definition) is 0. The number of benzene rings is 2. The van der Waals surface area contributed by atoms with Crippen molar-refractivity contribution in [2.45, 2.75) is 6.92 Å². The summed E-state index contributed by atoms with van der Waals surface area (Å²) < 4.78 is 17.1. The first-order chi connectivity index (χ1) is 10.7. The first-order valence-corrected chi connectivity index (χ1v) is 7.64. The molecule has 0 N–H and O–H groups in total. The van der Waals surface area contributed by atoms with E-state index >= 15 is 0 Å². The minimum atomic E-state index is -0.349. The van der Waals surface area contributed by atoms with E-state index in [4.69, 9.17) is 14.2 Å². The van der Waals surface area contributed by atoms with Gasteiger partial charge in [0.2, 0.25) is 6.79 Å². The Labute approximate surface area is 130 Å². The highest BCUT2D eigenvalue weighted by Gasteiger charge is 2.19. The van der Waals surface area contributed by atoms with Gasteiger partial charge < -0.3 is 14.2 Å². The van der Waals surface area contributed by atoms with Crippen LogP contribution in [0.4, 0.5) is 0 Å². The van der Waals surface area contributed by atoms with E-state index in [0.29, 0.717) is 22.1 Å². The number of fused-ring (bicyclic) bond motifs is 2. The zero-order valence-electron chi connectivity index (χ0n) is 11.8. The average molecular weight is 312 g/mol. The van der Waals surface area contributed by atoms with Gasteiger partial charge in [-0.1, -0.05) is 18.2 Å². The van der Waals surface area contributed by atoms with Crippen molar-refractivity contribution < 1.29 is 19.0 Å². The summed E-state index contributed by atoms with van der Waals surface area (Å²) >= 11 is 1.45. The van der Waals surface area contributed by atoms with Crippen LogP contribution >= 0.6 is 11.3 Å². The topological polar surface area (TPSA) is 44.8 Å². The first-order valence-electron chi connectivity index (χ1n) is 6.82. The third-order valence-corrected chi connectivity index (χ3v) is 4.84. The van der Waals surface area contributed by atoms with E-state index in [-0.39, 0.29) is 12.8 Å². The van der Waals surface area contributed by atoms with Crippen LogP contribution in [-0.2, 0) is 0 Å². The second-order valence-corrected chi connectivity index (χ2v) is 6.01. The molecular formula is C17H12O4S. The van der Waals surface area contributed by atoms with E-state index < -0.39 is 0 Å². The lowest BCUT2D eigenvalue weighted by Crippen LogP contribution is -2.07. The summed E-state index contributed by atoms with van der Waals surface area (Å²) in [6, 6.07) is 13.1. The van der Waals surface area contributed by atoms with Crippen molar-refractivity contribution in [1.29, 1.82) is 0 Å². The van der Waals surface area contributed by atoms with Gasteiger partial charge in [-0.05, 0) is 36.1 Å². The highest BCUT2D eigenvalue weighted by molar-refractivity contribution is 7.21. The van der Waals surface area contributed by atoms with Crippen molar-refractivity contribution in [2.24, 2.45) is 0 Å². The van der Waals surface area contributed by atoms with Crippen LogP contribution in [0.3, 0.4) is 0 Å². The fourth-order valence-corrected chi connectivity index (χ4v) is 3.55. The molecule has 22 heavy (non-hydrogen) atoms. The van der Waals surface area contributed by atoms with Crippen molar-refractivity contribution in [3.8, 4) is 17.2 Å². The Morgan fingerprint density at radius 2 is 1.95 bits per heavy atom. The van der Waals surface area contributed by atoms with E-state index in [0.717, 1.165) is 15.6 Å². The van der Waals surface area contributed by atoms with Gasteiger partial charge in [-0.2, -0.15) is 0 Å². The Bertz CT molecular complexity index is 881. The maximum absolute atomic E-state index is 12.4. The van der Waals surface area contributed by atoms with Gasteiger partial charge in [0.1, 0.15) is 10.6 Å². The van der Waals surface area contributed by atoms with Crippen molar-refractivity contribution in [2.75, 3.05) is 6.79 Å². The summed E-state index contributed by atoms with van der Waals surface area (Å²) in [5.41, 5.74) is 0.950. The van der Waals surface area contributed by atoms with Crippen LogP contribution in [0.2, 0.25) is 0 Å². The third-order valence-electron chi connectivity index (χ3n) is 3.58. The van der Waals surface area contributed by atoms with Crippen LogP contribution in [0.15, 0.2) is 42.5 Å². The standard InChI is InChI=1S/C17H12O4S/c1-10-12-4-2-3-5-15(12)22-16(10)17(18)21-11-6-7-13-14(8-11)20-9-19-13/h2-8H,9H2,1H3. The number of aryl methyl sites for hydroxylation is 1. The number of carbonyl (C=O) groups excluding carboxylic acids is 1. The molecule has 0 fully saturated rings.